The molecular weight excluding hydrogens is 246 g/mol. The predicted octanol–water partition coefficient (Wildman–Crippen LogP) is 1.00. The molecule has 0 radical (unpaired) electrons. The number of carbonyl (C=O) groups is 2. The molecule has 0 bridgehead atoms. The van der Waals surface area contributed by atoms with E-state index in [0.717, 1.165) is 5.06 Å². The molecule has 0 unspecified atom stereocenters. The Morgan fingerprint density at radius 1 is 1.37 bits per heavy atom. The second kappa shape index (κ2) is 4.01. The van der Waals surface area contributed by atoms with Gasteiger partial charge in [0, 0.05) is 17.9 Å². The second-order valence-corrected chi connectivity index (χ2v) is 4.71. The molecule has 5 nitrogen and oxygen atoms in total. The summed E-state index contributed by atoms with van der Waals surface area (Å²) in [6.45, 7) is 0. The van der Waals surface area contributed by atoms with Gasteiger partial charge in [-0.25, -0.2) is 0 Å². The van der Waals surface area contributed by atoms with Crippen LogP contribution < -0.4 is 0 Å². The van der Waals surface area contributed by atoms with Gasteiger partial charge >= 0.3 is 0 Å². The van der Waals surface area contributed by atoms with Crippen molar-refractivity contribution in [2.45, 2.75) is 18.1 Å². The minimum absolute atomic E-state index is 0.0742. The van der Waals surface area contributed by atoms with Crippen LogP contribution in [-0.4, -0.2) is 34.7 Å². The Hall–Kier alpha value is -1.98. The summed E-state index contributed by atoms with van der Waals surface area (Å²) in [5.74, 6) is -0.982. The van der Waals surface area contributed by atoms with Crippen LogP contribution in [0.25, 0.3) is 0 Å². The summed E-state index contributed by atoms with van der Waals surface area (Å²) in [6, 6.07) is 6.97. The molecule has 0 saturated heterocycles. The Labute approximate surface area is 110 Å². The SMILES string of the molecule is CON1C(=O)c2ccccc2[C@@H]2CC(=O)C=C[C@@]21O. The van der Waals surface area contributed by atoms with Crippen LogP contribution in [0, 0.1) is 0 Å². The number of hydrogen-bond acceptors (Lipinski definition) is 4. The van der Waals surface area contributed by atoms with E-state index in [4.69, 9.17) is 4.84 Å². The fraction of sp³-hybridized carbons (Fsp3) is 0.286. The van der Waals surface area contributed by atoms with Crippen LogP contribution in [-0.2, 0) is 9.63 Å². The maximum Gasteiger partial charge on any atom is 0.280 e. The third-order valence-corrected chi connectivity index (χ3v) is 3.69. The third kappa shape index (κ3) is 1.55. The van der Waals surface area contributed by atoms with Crippen molar-refractivity contribution < 1.29 is 19.5 Å². The van der Waals surface area contributed by atoms with E-state index in [1.165, 1.54) is 19.3 Å². The average Bonchev–Trinajstić information content (AvgIpc) is 2.41. The first kappa shape index (κ1) is 12.1. The number of allylic oxidation sites excluding steroid dienone is 1. The summed E-state index contributed by atoms with van der Waals surface area (Å²) in [4.78, 5) is 29.0. The van der Waals surface area contributed by atoms with Crippen LogP contribution in [0.3, 0.4) is 0 Å². The van der Waals surface area contributed by atoms with E-state index in [-0.39, 0.29) is 12.2 Å². The average molecular weight is 259 g/mol. The van der Waals surface area contributed by atoms with E-state index in [1.807, 2.05) is 0 Å². The van der Waals surface area contributed by atoms with E-state index < -0.39 is 17.6 Å². The standard InChI is InChI=1S/C14H13NO4/c1-19-15-13(17)11-5-3-2-4-10(11)12-8-9(16)6-7-14(12,15)18/h2-7,12,18H,8H2,1H3/t12-,14+/m0/s1. The Morgan fingerprint density at radius 2 is 2.11 bits per heavy atom. The molecule has 1 aliphatic carbocycles. The monoisotopic (exact) mass is 259 g/mol. The number of hydrogen-bond donors (Lipinski definition) is 1. The summed E-state index contributed by atoms with van der Waals surface area (Å²) in [5, 5.41) is 11.7. The van der Waals surface area contributed by atoms with Crippen LogP contribution in [0.15, 0.2) is 36.4 Å². The lowest BCUT2D eigenvalue weighted by Crippen LogP contribution is -2.58. The maximum atomic E-state index is 12.3. The number of aliphatic hydroxyl groups is 1. The first-order valence-electron chi connectivity index (χ1n) is 6.00. The van der Waals surface area contributed by atoms with E-state index >= 15 is 0 Å². The van der Waals surface area contributed by atoms with Crippen molar-refractivity contribution >= 4 is 11.7 Å². The molecule has 1 heterocycles. The predicted molar refractivity (Wildman–Crippen MR) is 66.1 cm³/mol. The van der Waals surface area contributed by atoms with Crippen molar-refractivity contribution in [3.63, 3.8) is 0 Å². The lowest BCUT2D eigenvalue weighted by atomic mass is 9.75. The van der Waals surface area contributed by atoms with Crippen LogP contribution >= 0.6 is 0 Å². The normalized spacial score (nSPS) is 29.2. The molecule has 1 aromatic rings. The van der Waals surface area contributed by atoms with Gasteiger partial charge in [-0.05, 0) is 23.8 Å². The summed E-state index contributed by atoms with van der Waals surface area (Å²) in [6.07, 6.45) is 2.78. The quantitative estimate of drug-likeness (QED) is 0.817. The number of amides is 1. The number of fused-ring (bicyclic) bond motifs is 3. The Kier molecular flexibility index (Phi) is 2.55. The van der Waals surface area contributed by atoms with Crippen molar-refractivity contribution in [2.75, 3.05) is 7.11 Å². The summed E-state index contributed by atoms with van der Waals surface area (Å²) < 4.78 is 0. The minimum Gasteiger partial charge on any atom is -0.365 e. The van der Waals surface area contributed by atoms with Gasteiger partial charge in [-0.2, -0.15) is 5.06 Å². The van der Waals surface area contributed by atoms with Crippen LogP contribution in [0.1, 0.15) is 28.3 Å². The highest BCUT2D eigenvalue weighted by atomic mass is 16.7. The van der Waals surface area contributed by atoms with Crippen LogP contribution in [0.2, 0.25) is 0 Å². The largest absolute Gasteiger partial charge is 0.365 e. The van der Waals surface area contributed by atoms with Crippen molar-refractivity contribution in [3.05, 3.63) is 47.5 Å². The Bertz CT molecular complexity index is 595. The molecule has 0 fully saturated rings. The number of rotatable bonds is 1. The highest BCUT2D eigenvalue weighted by Crippen LogP contribution is 2.44. The van der Waals surface area contributed by atoms with Gasteiger partial charge < -0.3 is 5.11 Å². The third-order valence-electron chi connectivity index (χ3n) is 3.69. The smallest absolute Gasteiger partial charge is 0.280 e. The zero-order valence-corrected chi connectivity index (χ0v) is 10.4. The summed E-state index contributed by atoms with van der Waals surface area (Å²) in [5.41, 5.74) is -0.461. The molecule has 5 heteroatoms. The number of carbonyl (C=O) groups excluding carboxylic acids is 2. The van der Waals surface area contributed by atoms with Crippen molar-refractivity contribution in [1.82, 2.24) is 5.06 Å². The lowest BCUT2D eigenvalue weighted by molar-refractivity contribution is -0.236. The number of hydroxylamine groups is 2. The molecule has 98 valence electrons. The fourth-order valence-electron chi connectivity index (χ4n) is 2.80. The van der Waals surface area contributed by atoms with Gasteiger partial charge in [0.15, 0.2) is 11.5 Å². The molecule has 1 amide bonds. The van der Waals surface area contributed by atoms with Gasteiger partial charge in [0.25, 0.3) is 5.91 Å². The van der Waals surface area contributed by atoms with Gasteiger partial charge in [-0.1, -0.05) is 18.2 Å². The maximum absolute atomic E-state index is 12.3. The van der Waals surface area contributed by atoms with E-state index in [1.54, 1.807) is 24.3 Å². The van der Waals surface area contributed by atoms with Crippen molar-refractivity contribution in [3.8, 4) is 0 Å². The van der Waals surface area contributed by atoms with Gasteiger partial charge in [-0.15, -0.1) is 0 Å². The van der Waals surface area contributed by atoms with Crippen molar-refractivity contribution in [2.24, 2.45) is 0 Å². The zero-order chi connectivity index (χ0) is 13.6. The van der Waals surface area contributed by atoms with E-state index in [9.17, 15) is 14.7 Å². The van der Waals surface area contributed by atoms with Gasteiger partial charge in [0.2, 0.25) is 0 Å². The lowest BCUT2D eigenvalue weighted by Gasteiger charge is -2.46. The molecule has 0 aromatic heterocycles. The highest BCUT2D eigenvalue weighted by molar-refractivity contribution is 5.99. The molecule has 0 saturated carbocycles. The summed E-state index contributed by atoms with van der Waals surface area (Å²) >= 11 is 0. The molecule has 2 atom stereocenters. The number of nitrogens with zero attached hydrogens (tertiary/aromatic N) is 1. The van der Waals surface area contributed by atoms with E-state index in [0.29, 0.717) is 11.1 Å². The van der Waals surface area contributed by atoms with Crippen molar-refractivity contribution in [1.29, 1.82) is 0 Å². The fourth-order valence-corrected chi connectivity index (χ4v) is 2.80. The molecule has 1 N–H and O–H groups in total. The minimum atomic E-state index is -1.60. The Balaban J connectivity index is 2.24. The molecule has 0 spiro atoms. The summed E-state index contributed by atoms with van der Waals surface area (Å²) in [7, 11) is 1.32. The molecule has 1 aliphatic heterocycles. The first-order chi connectivity index (χ1) is 9.08. The van der Waals surface area contributed by atoms with Crippen LogP contribution in [0.5, 0.6) is 0 Å². The van der Waals surface area contributed by atoms with Gasteiger partial charge in [0.1, 0.15) is 0 Å². The molecule has 2 aliphatic rings. The molecule has 1 aromatic carbocycles. The Morgan fingerprint density at radius 3 is 2.84 bits per heavy atom. The number of ketones is 1. The number of benzene rings is 1. The second-order valence-electron chi connectivity index (χ2n) is 4.71. The topological polar surface area (TPSA) is 66.8 Å². The molecular formula is C14H13NO4. The van der Waals surface area contributed by atoms with Gasteiger partial charge in [0.05, 0.1) is 7.11 Å². The van der Waals surface area contributed by atoms with Gasteiger partial charge in [-0.3, -0.25) is 14.4 Å². The molecule has 3 rings (SSSR count). The highest BCUT2D eigenvalue weighted by Gasteiger charge is 2.52. The first-order valence-corrected chi connectivity index (χ1v) is 6.00. The molecule has 19 heavy (non-hydrogen) atoms. The van der Waals surface area contributed by atoms with E-state index in [2.05, 4.69) is 0 Å². The van der Waals surface area contributed by atoms with Crippen LogP contribution in [0.4, 0.5) is 0 Å². The zero-order valence-electron chi connectivity index (χ0n) is 10.4.